The van der Waals surface area contributed by atoms with E-state index in [1.54, 1.807) is 21.3 Å². The van der Waals surface area contributed by atoms with Gasteiger partial charge >= 0.3 is 8.80 Å². The summed E-state index contributed by atoms with van der Waals surface area (Å²) in [5, 5.41) is 0. The average Bonchev–Trinajstić information content (AvgIpc) is 3.38. The van der Waals surface area contributed by atoms with Crippen LogP contribution in [0.4, 0.5) is 0 Å². The molecule has 0 aromatic carbocycles. The summed E-state index contributed by atoms with van der Waals surface area (Å²) < 4.78 is 31.5. The van der Waals surface area contributed by atoms with Crippen molar-refractivity contribution in [2.75, 3.05) is 47.8 Å². The molecule has 2 fully saturated rings. The van der Waals surface area contributed by atoms with Gasteiger partial charge < -0.3 is 27.2 Å². The van der Waals surface area contributed by atoms with Crippen molar-refractivity contribution >= 4 is 18.6 Å². The number of epoxide rings is 1. The van der Waals surface area contributed by atoms with Gasteiger partial charge in [-0.1, -0.05) is 6.42 Å². The lowest BCUT2D eigenvalue weighted by Gasteiger charge is -2.24. The zero-order chi connectivity index (χ0) is 15.4. The molecule has 2 heterocycles. The van der Waals surface area contributed by atoms with Gasteiger partial charge in [-0.05, 0) is 18.9 Å². The molecule has 0 bridgehead atoms. The second kappa shape index (κ2) is 11.7. The third-order valence-corrected chi connectivity index (χ3v) is 7.69. The standard InChI is InChI=1S/C9H20O5Si.C4H10OSi/c1-10-15(11-2,12-3)6-4-5-13-7-9-8-14-9;1-2-4-6-5-3-1/h9H,4-8H2,1-3H3;1-4,6H2. The summed E-state index contributed by atoms with van der Waals surface area (Å²) in [6.07, 6.45) is 3.97. The summed E-state index contributed by atoms with van der Waals surface area (Å²) in [7, 11) is 2.49. The lowest BCUT2D eigenvalue weighted by atomic mass is 10.4. The lowest BCUT2D eigenvalue weighted by Crippen LogP contribution is -2.42. The van der Waals surface area contributed by atoms with Gasteiger partial charge in [0.2, 0.25) is 0 Å². The van der Waals surface area contributed by atoms with E-state index in [2.05, 4.69) is 0 Å². The van der Waals surface area contributed by atoms with Crippen LogP contribution < -0.4 is 0 Å². The van der Waals surface area contributed by atoms with Crippen molar-refractivity contribution in [2.45, 2.75) is 37.5 Å². The van der Waals surface area contributed by atoms with E-state index >= 15 is 0 Å². The third kappa shape index (κ3) is 9.04. The molecule has 1 atom stereocenters. The van der Waals surface area contributed by atoms with Gasteiger partial charge in [-0.25, -0.2) is 0 Å². The van der Waals surface area contributed by atoms with E-state index in [-0.39, 0.29) is 9.76 Å². The Balaban J connectivity index is 0.000000304. The first kappa shape index (κ1) is 19.2. The lowest BCUT2D eigenvalue weighted by molar-refractivity contribution is 0.100. The van der Waals surface area contributed by atoms with Crippen LogP contribution in [0.2, 0.25) is 12.1 Å². The van der Waals surface area contributed by atoms with Crippen molar-refractivity contribution in [3.05, 3.63) is 0 Å². The summed E-state index contributed by atoms with van der Waals surface area (Å²) >= 11 is 0. The number of hydrogen-bond acceptors (Lipinski definition) is 6. The van der Waals surface area contributed by atoms with E-state index in [0.717, 1.165) is 25.7 Å². The molecule has 8 heteroatoms. The first-order valence-corrected chi connectivity index (χ1v) is 11.2. The fourth-order valence-electron chi connectivity index (χ4n) is 2.01. The van der Waals surface area contributed by atoms with E-state index in [1.807, 2.05) is 0 Å². The summed E-state index contributed by atoms with van der Waals surface area (Å²) in [4.78, 5) is 0. The maximum Gasteiger partial charge on any atom is 0.500 e. The Morgan fingerprint density at radius 2 is 1.86 bits per heavy atom. The van der Waals surface area contributed by atoms with Gasteiger partial charge in [-0.3, -0.25) is 0 Å². The van der Waals surface area contributed by atoms with Gasteiger partial charge in [0.1, 0.15) is 6.10 Å². The predicted molar refractivity (Wildman–Crippen MR) is 85.3 cm³/mol. The van der Waals surface area contributed by atoms with Crippen LogP contribution in [0.25, 0.3) is 0 Å². The molecule has 6 nitrogen and oxygen atoms in total. The topological polar surface area (TPSA) is 58.7 Å². The van der Waals surface area contributed by atoms with E-state index in [4.69, 9.17) is 27.2 Å². The molecule has 0 aliphatic carbocycles. The van der Waals surface area contributed by atoms with Gasteiger partial charge in [0.25, 0.3) is 0 Å². The quantitative estimate of drug-likeness (QED) is 0.355. The Labute approximate surface area is 131 Å². The Bertz CT molecular complexity index is 225. The highest BCUT2D eigenvalue weighted by Crippen LogP contribution is 2.15. The molecule has 0 spiro atoms. The highest BCUT2D eigenvalue weighted by atomic mass is 28.4. The van der Waals surface area contributed by atoms with Crippen LogP contribution in [0.5, 0.6) is 0 Å². The molecule has 126 valence electrons. The van der Waals surface area contributed by atoms with Crippen molar-refractivity contribution < 1.29 is 27.2 Å². The van der Waals surface area contributed by atoms with Crippen LogP contribution in [0.1, 0.15) is 19.3 Å². The van der Waals surface area contributed by atoms with Crippen LogP contribution in [0.15, 0.2) is 0 Å². The summed E-state index contributed by atoms with van der Waals surface area (Å²) in [6, 6.07) is 2.20. The highest BCUT2D eigenvalue weighted by molar-refractivity contribution is 6.60. The van der Waals surface area contributed by atoms with Crippen molar-refractivity contribution in [3.8, 4) is 0 Å². The van der Waals surface area contributed by atoms with Crippen molar-refractivity contribution in [1.82, 2.24) is 0 Å². The SMILES string of the molecule is C1CC[SiH2]OC1.CO[Si](CCCOCC1CO1)(OC)OC. The number of hydrogen-bond donors (Lipinski definition) is 0. The monoisotopic (exact) mass is 338 g/mol. The predicted octanol–water partition coefficient (Wildman–Crippen LogP) is 0.969. The molecule has 0 amide bonds. The Morgan fingerprint density at radius 3 is 2.24 bits per heavy atom. The zero-order valence-corrected chi connectivity index (χ0v) is 16.0. The Kier molecular flexibility index (Phi) is 10.7. The Hall–Kier alpha value is 0.194. The van der Waals surface area contributed by atoms with E-state index in [9.17, 15) is 0 Å². The molecule has 0 radical (unpaired) electrons. The summed E-state index contributed by atoms with van der Waals surface area (Å²) in [5.41, 5.74) is 0. The number of ether oxygens (including phenoxy) is 2. The van der Waals surface area contributed by atoms with Crippen molar-refractivity contribution in [2.24, 2.45) is 0 Å². The first-order chi connectivity index (χ1) is 10.3. The summed E-state index contributed by atoms with van der Waals surface area (Å²) in [6.45, 7) is 3.30. The van der Waals surface area contributed by atoms with Crippen LogP contribution in [0, 0.1) is 0 Å². The molecule has 0 aromatic heterocycles. The van der Waals surface area contributed by atoms with E-state index in [1.165, 1.54) is 18.9 Å². The fraction of sp³-hybridized carbons (Fsp3) is 1.00. The normalized spacial score (nSPS) is 22.7. The molecule has 2 aliphatic rings. The molecule has 0 aromatic rings. The molecule has 0 saturated carbocycles. The second-order valence-electron chi connectivity index (χ2n) is 5.10. The summed E-state index contributed by atoms with van der Waals surface area (Å²) in [5.74, 6) is 0. The van der Waals surface area contributed by atoms with E-state index in [0.29, 0.717) is 19.3 Å². The van der Waals surface area contributed by atoms with Gasteiger partial charge in [0.05, 0.1) is 13.2 Å². The molecular weight excluding hydrogens is 308 g/mol. The molecule has 2 saturated heterocycles. The first-order valence-electron chi connectivity index (χ1n) is 7.69. The van der Waals surface area contributed by atoms with Gasteiger partial charge in [0, 0.05) is 40.6 Å². The Morgan fingerprint density at radius 1 is 1.14 bits per heavy atom. The minimum absolute atomic E-state index is 0.00849. The molecule has 2 rings (SSSR count). The maximum absolute atomic E-state index is 5.42. The van der Waals surface area contributed by atoms with Crippen LogP contribution in [-0.2, 0) is 27.2 Å². The minimum atomic E-state index is -2.39. The second-order valence-corrected chi connectivity index (χ2v) is 9.72. The van der Waals surface area contributed by atoms with Crippen molar-refractivity contribution in [3.63, 3.8) is 0 Å². The zero-order valence-electron chi connectivity index (χ0n) is 13.6. The number of rotatable bonds is 9. The van der Waals surface area contributed by atoms with Gasteiger partial charge in [-0.15, -0.1) is 0 Å². The molecular formula is C13H30O6Si2. The van der Waals surface area contributed by atoms with E-state index < -0.39 is 8.80 Å². The fourth-order valence-corrected chi connectivity index (χ4v) is 4.87. The van der Waals surface area contributed by atoms with Gasteiger partial charge in [0.15, 0.2) is 9.76 Å². The van der Waals surface area contributed by atoms with Crippen molar-refractivity contribution in [1.29, 1.82) is 0 Å². The average molecular weight is 339 g/mol. The van der Waals surface area contributed by atoms with Gasteiger partial charge in [-0.2, -0.15) is 0 Å². The smallest absolute Gasteiger partial charge is 0.424 e. The molecule has 0 N–H and O–H groups in total. The molecule has 1 unspecified atom stereocenters. The van der Waals surface area contributed by atoms with Crippen LogP contribution in [-0.4, -0.2) is 72.4 Å². The molecule has 21 heavy (non-hydrogen) atoms. The minimum Gasteiger partial charge on any atom is -0.424 e. The molecule has 2 aliphatic heterocycles. The highest BCUT2D eigenvalue weighted by Gasteiger charge is 2.36. The largest absolute Gasteiger partial charge is 0.500 e. The maximum atomic E-state index is 5.42. The van der Waals surface area contributed by atoms with Crippen LogP contribution in [0.3, 0.4) is 0 Å². The van der Waals surface area contributed by atoms with Crippen LogP contribution >= 0.6 is 0 Å². The third-order valence-electron chi connectivity index (χ3n) is 3.49.